The number of H-pyrrole nitrogens is 1. The van der Waals surface area contributed by atoms with Gasteiger partial charge in [0.2, 0.25) is 0 Å². The molecule has 3 aromatic rings. The topological polar surface area (TPSA) is 79.4 Å². The van der Waals surface area contributed by atoms with Crippen molar-refractivity contribution in [3.63, 3.8) is 0 Å². The summed E-state index contributed by atoms with van der Waals surface area (Å²) in [4.78, 5) is 14.4. The van der Waals surface area contributed by atoms with Gasteiger partial charge in [-0.25, -0.2) is 4.98 Å². The summed E-state index contributed by atoms with van der Waals surface area (Å²) in [6.07, 6.45) is 3.59. The Morgan fingerprint density at radius 1 is 1.07 bits per heavy atom. The van der Waals surface area contributed by atoms with Gasteiger partial charge in [-0.1, -0.05) is 0 Å². The Hall–Kier alpha value is -2.71. The fourth-order valence-corrected chi connectivity index (χ4v) is 3.98. The van der Waals surface area contributed by atoms with Gasteiger partial charge >= 0.3 is 0 Å². The summed E-state index contributed by atoms with van der Waals surface area (Å²) in [7, 11) is 0. The zero-order chi connectivity index (χ0) is 18.9. The first-order valence-corrected chi connectivity index (χ1v) is 9.78. The van der Waals surface area contributed by atoms with E-state index in [-0.39, 0.29) is 0 Å². The number of nitrogens with zero attached hydrogens (tertiary/aromatic N) is 5. The number of pyridine rings is 2. The van der Waals surface area contributed by atoms with Gasteiger partial charge < -0.3 is 19.3 Å². The van der Waals surface area contributed by atoms with Gasteiger partial charge in [-0.2, -0.15) is 5.10 Å². The van der Waals surface area contributed by atoms with Crippen LogP contribution >= 0.6 is 0 Å². The van der Waals surface area contributed by atoms with Crippen LogP contribution in [0, 0.1) is 0 Å². The second kappa shape index (κ2) is 7.37. The molecule has 3 aromatic heterocycles. The Kier molecular flexibility index (Phi) is 4.58. The highest BCUT2D eigenvalue weighted by molar-refractivity contribution is 6.00. The third-order valence-electron chi connectivity index (χ3n) is 5.46. The molecule has 5 heterocycles. The number of anilines is 2. The van der Waals surface area contributed by atoms with E-state index in [4.69, 9.17) is 14.5 Å². The minimum absolute atomic E-state index is 0.306. The van der Waals surface area contributed by atoms with Crippen molar-refractivity contribution in [3.8, 4) is 11.4 Å². The summed E-state index contributed by atoms with van der Waals surface area (Å²) >= 11 is 0. The van der Waals surface area contributed by atoms with Crippen LogP contribution in [0.15, 0.2) is 30.6 Å². The van der Waals surface area contributed by atoms with Crippen LogP contribution in [-0.4, -0.2) is 72.3 Å². The fourth-order valence-electron chi connectivity index (χ4n) is 3.98. The first-order chi connectivity index (χ1) is 13.8. The lowest BCUT2D eigenvalue weighted by Gasteiger charge is -2.37. The molecule has 0 amide bonds. The monoisotopic (exact) mass is 380 g/mol. The molecule has 5 rings (SSSR count). The summed E-state index contributed by atoms with van der Waals surface area (Å²) in [6.45, 7) is 7.68. The number of rotatable bonds is 3. The molecule has 0 unspecified atom stereocenters. The Morgan fingerprint density at radius 3 is 2.71 bits per heavy atom. The predicted molar refractivity (Wildman–Crippen MR) is 108 cm³/mol. The van der Waals surface area contributed by atoms with E-state index >= 15 is 0 Å². The molecule has 0 aliphatic carbocycles. The van der Waals surface area contributed by atoms with Crippen molar-refractivity contribution in [3.05, 3.63) is 30.6 Å². The molecule has 28 heavy (non-hydrogen) atoms. The van der Waals surface area contributed by atoms with Crippen LogP contribution in [-0.2, 0) is 9.47 Å². The number of fused-ring (bicyclic) bond motifs is 1. The Balaban J connectivity index is 1.71. The number of nitrogens with one attached hydrogen (secondary N) is 1. The predicted octanol–water partition coefficient (Wildman–Crippen LogP) is 2.08. The van der Waals surface area contributed by atoms with E-state index in [1.807, 2.05) is 12.3 Å². The zero-order valence-corrected chi connectivity index (χ0v) is 16.0. The smallest absolute Gasteiger partial charge is 0.131 e. The molecule has 2 aliphatic rings. The number of aromatic nitrogens is 4. The van der Waals surface area contributed by atoms with E-state index < -0.39 is 0 Å². The normalized spacial score (nSPS) is 20.7. The van der Waals surface area contributed by atoms with Crippen LogP contribution in [0.3, 0.4) is 0 Å². The van der Waals surface area contributed by atoms with Gasteiger partial charge in [0.05, 0.1) is 37.8 Å². The van der Waals surface area contributed by atoms with Crippen LogP contribution in [0.1, 0.15) is 6.92 Å². The highest BCUT2D eigenvalue weighted by Crippen LogP contribution is 2.35. The second-order valence-electron chi connectivity index (χ2n) is 7.24. The molecule has 1 N–H and O–H groups in total. The molecule has 0 saturated carbocycles. The van der Waals surface area contributed by atoms with Crippen molar-refractivity contribution in [2.45, 2.75) is 13.0 Å². The number of aromatic amines is 1. The fraction of sp³-hybridized carbons (Fsp3) is 0.450. The maximum absolute atomic E-state index is 5.66. The first kappa shape index (κ1) is 17.4. The van der Waals surface area contributed by atoms with Gasteiger partial charge in [0.25, 0.3) is 0 Å². The molecular weight excluding hydrogens is 356 g/mol. The standard InChI is InChI=1S/C20H24N6O2/c1-14-13-28-11-8-26(14)17-12-18(25-6-9-27-10-7-25)23-19-15(17)2-4-21-20(19)16-3-5-22-24-16/h2-5,12,14H,6-11,13H2,1H3,(H,22,24)/t14-/m1/s1. The summed E-state index contributed by atoms with van der Waals surface area (Å²) in [5.41, 5.74) is 3.78. The van der Waals surface area contributed by atoms with E-state index in [0.717, 1.165) is 74.2 Å². The quantitative estimate of drug-likeness (QED) is 0.745. The van der Waals surface area contributed by atoms with Gasteiger partial charge in [-0.3, -0.25) is 10.1 Å². The van der Waals surface area contributed by atoms with Crippen LogP contribution < -0.4 is 9.80 Å². The molecule has 0 spiro atoms. The van der Waals surface area contributed by atoms with Crippen molar-refractivity contribution in [1.29, 1.82) is 0 Å². The Labute approximate surface area is 163 Å². The van der Waals surface area contributed by atoms with Crippen LogP contribution in [0.2, 0.25) is 0 Å². The highest BCUT2D eigenvalue weighted by atomic mass is 16.5. The SMILES string of the molecule is C[C@@H]1COCCN1c1cc(N2CCOCC2)nc2c(-c3ccn[nH]3)nccc12. The van der Waals surface area contributed by atoms with Crippen LogP contribution in [0.4, 0.5) is 11.5 Å². The van der Waals surface area contributed by atoms with Crippen molar-refractivity contribution in [2.75, 3.05) is 55.9 Å². The average molecular weight is 380 g/mol. The van der Waals surface area contributed by atoms with E-state index in [0.29, 0.717) is 6.04 Å². The van der Waals surface area contributed by atoms with Crippen molar-refractivity contribution in [2.24, 2.45) is 0 Å². The number of hydrogen-bond donors (Lipinski definition) is 1. The molecule has 0 radical (unpaired) electrons. The maximum Gasteiger partial charge on any atom is 0.131 e. The Bertz CT molecular complexity index is 955. The minimum atomic E-state index is 0.306. The molecule has 1 atom stereocenters. The van der Waals surface area contributed by atoms with E-state index in [1.165, 1.54) is 5.69 Å². The highest BCUT2D eigenvalue weighted by Gasteiger charge is 2.25. The van der Waals surface area contributed by atoms with Gasteiger partial charge in [0, 0.05) is 49.5 Å². The molecular formula is C20H24N6O2. The lowest BCUT2D eigenvalue weighted by molar-refractivity contribution is 0.0991. The van der Waals surface area contributed by atoms with Crippen molar-refractivity contribution in [1.82, 2.24) is 20.2 Å². The van der Waals surface area contributed by atoms with Gasteiger partial charge in [-0.05, 0) is 19.1 Å². The average Bonchev–Trinajstić information content (AvgIpc) is 3.28. The first-order valence-electron chi connectivity index (χ1n) is 9.78. The third kappa shape index (κ3) is 3.08. The molecule has 2 fully saturated rings. The second-order valence-corrected chi connectivity index (χ2v) is 7.24. The molecule has 2 aliphatic heterocycles. The zero-order valence-electron chi connectivity index (χ0n) is 16.0. The summed E-state index contributed by atoms with van der Waals surface area (Å²) in [6, 6.07) is 6.51. The van der Waals surface area contributed by atoms with Crippen LogP contribution in [0.5, 0.6) is 0 Å². The Morgan fingerprint density at radius 2 is 1.93 bits per heavy atom. The lowest BCUT2D eigenvalue weighted by Crippen LogP contribution is -2.44. The van der Waals surface area contributed by atoms with E-state index in [9.17, 15) is 0 Å². The largest absolute Gasteiger partial charge is 0.378 e. The van der Waals surface area contributed by atoms with Gasteiger partial charge in [0.15, 0.2) is 0 Å². The number of ether oxygens (including phenoxy) is 2. The maximum atomic E-state index is 5.66. The lowest BCUT2D eigenvalue weighted by atomic mass is 10.1. The molecule has 8 heteroatoms. The summed E-state index contributed by atoms with van der Waals surface area (Å²) in [5.74, 6) is 0.971. The minimum Gasteiger partial charge on any atom is -0.378 e. The number of morpholine rings is 2. The molecule has 146 valence electrons. The van der Waals surface area contributed by atoms with E-state index in [1.54, 1.807) is 6.20 Å². The van der Waals surface area contributed by atoms with Crippen molar-refractivity contribution < 1.29 is 9.47 Å². The summed E-state index contributed by atoms with van der Waals surface area (Å²) < 4.78 is 11.2. The molecule has 8 nitrogen and oxygen atoms in total. The van der Waals surface area contributed by atoms with Crippen LogP contribution in [0.25, 0.3) is 22.3 Å². The molecule has 0 bridgehead atoms. The third-order valence-corrected chi connectivity index (χ3v) is 5.46. The summed E-state index contributed by atoms with van der Waals surface area (Å²) in [5, 5.41) is 8.23. The van der Waals surface area contributed by atoms with Gasteiger partial charge in [-0.15, -0.1) is 0 Å². The van der Waals surface area contributed by atoms with E-state index in [2.05, 4.69) is 44.0 Å². The molecule has 2 saturated heterocycles. The number of hydrogen-bond acceptors (Lipinski definition) is 7. The molecule has 0 aromatic carbocycles. The van der Waals surface area contributed by atoms with Crippen molar-refractivity contribution >= 4 is 22.4 Å². The van der Waals surface area contributed by atoms with Gasteiger partial charge in [0.1, 0.15) is 17.0 Å².